The molecule has 4 nitrogen and oxygen atoms in total. The maximum absolute atomic E-state index is 11.8. The Bertz CT molecular complexity index is 1550. The number of carbonyl (C=O) groups is 1. The van der Waals surface area contributed by atoms with Gasteiger partial charge in [0.1, 0.15) is 5.75 Å². The Labute approximate surface area is 229 Å². The summed E-state index contributed by atoms with van der Waals surface area (Å²) in [6.45, 7) is 1.22. The lowest BCUT2D eigenvalue weighted by Crippen LogP contribution is -2.09. The molecule has 0 unspecified atom stereocenters. The van der Waals surface area contributed by atoms with E-state index < -0.39 is 0 Å². The number of nitrogens with one attached hydrogen (secondary N) is 1. The summed E-state index contributed by atoms with van der Waals surface area (Å²) in [5.74, 6) is 0.550. The first kappa shape index (κ1) is 25.8. The Morgan fingerprint density at radius 3 is 2.21 bits per heavy atom. The second-order valence-corrected chi connectivity index (χ2v) is 9.29. The van der Waals surface area contributed by atoms with Gasteiger partial charge in [0.05, 0.1) is 19.3 Å². The summed E-state index contributed by atoms with van der Waals surface area (Å²) in [6.07, 6.45) is 2.90. The second-order valence-electron chi connectivity index (χ2n) is 9.29. The zero-order valence-electron chi connectivity index (χ0n) is 22.0. The number of methoxy groups -OCH3 is 1. The van der Waals surface area contributed by atoms with Crippen LogP contribution in [0.5, 0.6) is 5.75 Å². The third-order valence-electron chi connectivity index (χ3n) is 6.64. The van der Waals surface area contributed by atoms with Gasteiger partial charge in [-0.15, -0.1) is 0 Å². The molecule has 0 spiro atoms. The topological polar surface area (TPSA) is 47.6 Å². The highest BCUT2D eigenvalue weighted by Gasteiger charge is 2.07. The van der Waals surface area contributed by atoms with Crippen molar-refractivity contribution in [2.75, 3.05) is 25.6 Å². The van der Waals surface area contributed by atoms with Crippen LogP contribution in [0.1, 0.15) is 22.3 Å². The van der Waals surface area contributed by atoms with Gasteiger partial charge in [0.25, 0.3) is 0 Å². The lowest BCUT2D eigenvalue weighted by Gasteiger charge is -2.14. The predicted molar refractivity (Wildman–Crippen MR) is 160 cm³/mol. The van der Waals surface area contributed by atoms with Gasteiger partial charge in [0, 0.05) is 24.0 Å². The average Bonchev–Trinajstić information content (AvgIpc) is 3.00. The third-order valence-corrected chi connectivity index (χ3v) is 6.64. The molecule has 4 heteroatoms. The summed E-state index contributed by atoms with van der Waals surface area (Å²) < 4.78 is 11.1. The van der Waals surface area contributed by atoms with Crippen LogP contribution in [0, 0.1) is 0 Å². The van der Waals surface area contributed by atoms with Crippen LogP contribution in [0.15, 0.2) is 127 Å². The van der Waals surface area contributed by atoms with E-state index in [0.29, 0.717) is 18.7 Å². The van der Waals surface area contributed by atoms with Crippen LogP contribution in [-0.4, -0.2) is 26.2 Å². The Balaban J connectivity index is 1.30. The number of ether oxygens (including phenoxy) is 2. The van der Waals surface area contributed by atoms with E-state index in [-0.39, 0.29) is 5.97 Å². The second kappa shape index (κ2) is 12.6. The van der Waals surface area contributed by atoms with E-state index in [4.69, 9.17) is 9.47 Å². The normalized spacial score (nSPS) is 11.3. The molecule has 0 amide bonds. The summed E-state index contributed by atoms with van der Waals surface area (Å²) in [6, 6.07) is 40.7. The van der Waals surface area contributed by atoms with Crippen molar-refractivity contribution in [3.05, 3.63) is 138 Å². The fraction of sp³-hybridized carbons (Fsp3) is 0.114. The van der Waals surface area contributed by atoms with Crippen molar-refractivity contribution in [3.63, 3.8) is 0 Å². The first-order chi connectivity index (χ1) is 19.2. The van der Waals surface area contributed by atoms with Crippen LogP contribution in [-0.2, 0) is 4.74 Å². The molecule has 0 radical (unpaired) electrons. The Morgan fingerprint density at radius 2 is 1.44 bits per heavy atom. The number of hydrogen-bond acceptors (Lipinski definition) is 4. The molecule has 0 saturated carbocycles. The van der Waals surface area contributed by atoms with E-state index in [0.717, 1.165) is 34.2 Å². The van der Waals surface area contributed by atoms with Crippen molar-refractivity contribution < 1.29 is 14.3 Å². The molecule has 5 aromatic rings. The number of anilines is 1. The lowest BCUT2D eigenvalue weighted by atomic mass is 10.0. The summed E-state index contributed by atoms with van der Waals surface area (Å²) in [7, 11) is 1.39. The molecule has 0 aliphatic rings. The van der Waals surface area contributed by atoms with Crippen molar-refractivity contribution >= 4 is 28.5 Å². The molecule has 0 aromatic heterocycles. The van der Waals surface area contributed by atoms with Crippen LogP contribution >= 0.6 is 0 Å². The minimum absolute atomic E-state index is 0.338. The summed E-state index contributed by atoms with van der Waals surface area (Å²) in [5.41, 5.74) is 6.18. The fourth-order valence-electron chi connectivity index (χ4n) is 4.52. The van der Waals surface area contributed by atoms with E-state index in [1.54, 1.807) is 12.1 Å². The first-order valence-corrected chi connectivity index (χ1v) is 13.1. The van der Waals surface area contributed by atoms with Gasteiger partial charge in [0.2, 0.25) is 0 Å². The van der Waals surface area contributed by atoms with Crippen molar-refractivity contribution in [1.29, 1.82) is 0 Å². The van der Waals surface area contributed by atoms with Crippen molar-refractivity contribution in [1.82, 2.24) is 0 Å². The molecule has 0 saturated heterocycles. The average molecular weight is 514 g/mol. The zero-order chi connectivity index (χ0) is 26.9. The Morgan fingerprint density at radius 1 is 0.744 bits per heavy atom. The molecule has 0 aliphatic carbocycles. The van der Waals surface area contributed by atoms with E-state index in [1.165, 1.54) is 23.8 Å². The van der Waals surface area contributed by atoms with Crippen molar-refractivity contribution in [2.24, 2.45) is 0 Å². The largest absolute Gasteiger partial charge is 0.493 e. The molecule has 5 rings (SSSR count). The molecule has 0 atom stereocenters. The summed E-state index contributed by atoms with van der Waals surface area (Å²) >= 11 is 0. The molecule has 0 bridgehead atoms. The van der Waals surface area contributed by atoms with Gasteiger partial charge in [-0.2, -0.15) is 0 Å². The van der Waals surface area contributed by atoms with Crippen LogP contribution in [0.3, 0.4) is 0 Å². The highest BCUT2D eigenvalue weighted by atomic mass is 16.5. The van der Waals surface area contributed by atoms with Crippen molar-refractivity contribution in [3.8, 4) is 16.9 Å². The molecule has 39 heavy (non-hydrogen) atoms. The van der Waals surface area contributed by atoms with E-state index >= 15 is 0 Å². The highest BCUT2D eigenvalue weighted by molar-refractivity contribution is 5.89. The van der Waals surface area contributed by atoms with Gasteiger partial charge in [-0.05, 0) is 58.0 Å². The predicted octanol–water partition coefficient (Wildman–Crippen LogP) is 8.26. The molecule has 194 valence electrons. The molecule has 1 N–H and O–H groups in total. The number of rotatable bonds is 10. The smallest absolute Gasteiger partial charge is 0.337 e. The zero-order valence-corrected chi connectivity index (χ0v) is 22.0. The molecule has 0 fully saturated rings. The minimum Gasteiger partial charge on any atom is -0.493 e. The minimum atomic E-state index is -0.338. The van der Waals surface area contributed by atoms with Crippen LogP contribution in [0.25, 0.3) is 28.0 Å². The molecular formula is C35H31NO3. The molecule has 5 aromatic carbocycles. The van der Waals surface area contributed by atoms with Gasteiger partial charge >= 0.3 is 5.97 Å². The lowest BCUT2D eigenvalue weighted by molar-refractivity contribution is 0.0600. The maximum Gasteiger partial charge on any atom is 0.337 e. The number of benzene rings is 5. The maximum atomic E-state index is 11.8. The number of esters is 1. The SMILES string of the molecule is COC(=O)c1ccc(/C=C(\CCOc2cccc3ccccc23)CNc2ccc(-c3ccccc3)cc2)cc1. The quantitative estimate of drug-likeness (QED) is 0.191. The highest BCUT2D eigenvalue weighted by Crippen LogP contribution is 2.26. The fourth-order valence-corrected chi connectivity index (χ4v) is 4.52. The van der Waals surface area contributed by atoms with Gasteiger partial charge in [-0.1, -0.05) is 97.1 Å². The molecule has 0 aliphatic heterocycles. The van der Waals surface area contributed by atoms with Crippen molar-refractivity contribution in [2.45, 2.75) is 6.42 Å². The number of hydrogen-bond donors (Lipinski definition) is 1. The van der Waals surface area contributed by atoms with Gasteiger partial charge < -0.3 is 14.8 Å². The van der Waals surface area contributed by atoms with Gasteiger partial charge in [0.15, 0.2) is 0 Å². The third kappa shape index (κ3) is 6.74. The van der Waals surface area contributed by atoms with Gasteiger partial charge in [-0.25, -0.2) is 4.79 Å². The first-order valence-electron chi connectivity index (χ1n) is 13.1. The van der Waals surface area contributed by atoms with Crippen LogP contribution < -0.4 is 10.1 Å². The number of fused-ring (bicyclic) bond motifs is 1. The van der Waals surface area contributed by atoms with Crippen LogP contribution in [0.4, 0.5) is 5.69 Å². The number of carbonyl (C=O) groups excluding carboxylic acids is 1. The Hall–Kier alpha value is -4.83. The standard InChI is InChI=1S/C35H31NO3/c1-38-35(37)31-16-14-26(15-17-31)24-27(22-23-39-34-13-7-11-30-10-5-6-12-33(30)34)25-36-32-20-18-29(19-21-32)28-8-3-2-4-9-28/h2-21,24,36H,22-23,25H2,1H3/b27-24+. The van der Waals surface area contributed by atoms with E-state index in [1.807, 2.05) is 42.5 Å². The molecular weight excluding hydrogens is 482 g/mol. The molecule has 0 heterocycles. The summed E-state index contributed by atoms with van der Waals surface area (Å²) in [4.78, 5) is 11.8. The van der Waals surface area contributed by atoms with E-state index in [9.17, 15) is 4.79 Å². The summed E-state index contributed by atoms with van der Waals surface area (Å²) in [5, 5.41) is 5.84. The van der Waals surface area contributed by atoms with Crippen LogP contribution in [0.2, 0.25) is 0 Å². The monoisotopic (exact) mass is 513 g/mol. The van der Waals surface area contributed by atoms with Gasteiger partial charge in [-0.3, -0.25) is 0 Å². The van der Waals surface area contributed by atoms with E-state index in [2.05, 4.69) is 78.1 Å². The Kier molecular flexibility index (Phi) is 8.35.